The van der Waals surface area contributed by atoms with Gasteiger partial charge in [-0.05, 0) is 20.3 Å². The molecular weight excluding hydrogens is 332 g/mol. The van der Waals surface area contributed by atoms with E-state index in [-0.39, 0.29) is 25.3 Å². The van der Waals surface area contributed by atoms with Crippen molar-refractivity contribution in [2.45, 2.75) is 31.4 Å². The van der Waals surface area contributed by atoms with Gasteiger partial charge in [0.05, 0.1) is 6.61 Å². The van der Waals surface area contributed by atoms with Gasteiger partial charge in [-0.25, -0.2) is 8.42 Å². The van der Waals surface area contributed by atoms with Crippen molar-refractivity contribution in [1.29, 1.82) is 0 Å². The minimum Gasteiger partial charge on any atom is -0.465 e. The summed E-state index contributed by atoms with van der Waals surface area (Å²) < 4.78 is 32.5. The first kappa shape index (κ1) is 18.1. The highest BCUT2D eigenvalue weighted by molar-refractivity contribution is 7.92. The summed E-state index contributed by atoms with van der Waals surface area (Å²) in [7, 11) is -3.67. The number of ether oxygens (including phenoxy) is 1. The van der Waals surface area contributed by atoms with E-state index >= 15 is 0 Å². The summed E-state index contributed by atoms with van der Waals surface area (Å²) in [4.78, 5) is 16.3. The molecule has 0 spiro atoms. The third kappa shape index (κ3) is 3.81. The molecule has 0 saturated carbocycles. The first-order valence-corrected chi connectivity index (χ1v) is 9.42. The van der Waals surface area contributed by atoms with Crippen molar-refractivity contribution >= 4 is 15.8 Å². The summed E-state index contributed by atoms with van der Waals surface area (Å²) in [6, 6.07) is 9.27. The van der Waals surface area contributed by atoms with E-state index < -0.39 is 20.6 Å². The van der Waals surface area contributed by atoms with Crippen LogP contribution in [0.5, 0.6) is 0 Å². The molecule has 2 aromatic rings. The van der Waals surface area contributed by atoms with Crippen LogP contribution in [0.15, 0.2) is 34.9 Å². The second-order valence-corrected chi connectivity index (χ2v) is 8.05. The monoisotopic (exact) mass is 352 g/mol. The van der Waals surface area contributed by atoms with E-state index in [4.69, 9.17) is 9.26 Å². The molecule has 8 heteroatoms. The molecule has 0 aliphatic carbocycles. The van der Waals surface area contributed by atoms with E-state index in [0.717, 1.165) is 11.8 Å². The van der Waals surface area contributed by atoms with Gasteiger partial charge in [-0.2, -0.15) is 4.98 Å². The Morgan fingerprint density at radius 3 is 2.54 bits per heavy atom. The standard InChI is InChI=1S/C16H20N2O5S/c1-4-22-15(19)16(2,24(3,20)21)11-10-13-17-14(18-23-13)12-8-6-5-7-9-12/h5-9H,4,10-11H2,1-3H3. The average molecular weight is 352 g/mol. The highest BCUT2D eigenvalue weighted by Gasteiger charge is 2.45. The van der Waals surface area contributed by atoms with Gasteiger partial charge in [-0.3, -0.25) is 4.79 Å². The number of benzene rings is 1. The number of aryl methyl sites for hydroxylation is 1. The summed E-state index contributed by atoms with van der Waals surface area (Å²) in [6.07, 6.45) is 1.18. The van der Waals surface area contributed by atoms with Crippen molar-refractivity contribution in [2.75, 3.05) is 12.9 Å². The lowest BCUT2D eigenvalue weighted by atomic mass is 10.0. The van der Waals surface area contributed by atoms with Crippen molar-refractivity contribution in [3.8, 4) is 11.4 Å². The zero-order valence-corrected chi connectivity index (χ0v) is 14.7. The van der Waals surface area contributed by atoms with Crippen molar-refractivity contribution < 1.29 is 22.5 Å². The lowest BCUT2D eigenvalue weighted by Gasteiger charge is -2.24. The van der Waals surface area contributed by atoms with Crippen LogP contribution in [0.2, 0.25) is 0 Å². The fourth-order valence-electron chi connectivity index (χ4n) is 2.13. The normalized spacial score (nSPS) is 14.1. The van der Waals surface area contributed by atoms with Crippen LogP contribution in [0.3, 0.4) is 0 Å². The van der Waals surface area contributed by atoms with Gasteiger partial charge in [0.15, 0.2) is 14.6 Å². The van der Waals surface area contributed by atoms with Crippen LogP contribution >= 0.6 is 0 Å². The Balaban J connectivity index is 2.16. The Morgan fingerprint density at radius 2 is 1.96 bits per heavy atom. The van der Waals surface area contributed by atoms with Crippen LogP contribution in [0, 0.1) is 0 Å². The largest absolute Gasteiger partial charge is 0.465 e. The minimum absolute atomic E-state index is 0.00108. The number of carbonyl (C=O) groups excluding carboxylic acids is 1. The van der Waals surface area contributed by atoms with Crippen LogP contribution in [-0.2, 0) is 25.8 Å². The molecular formula is C16H20N2O5S. The van der Waals surface area contributed by atoms with Gasteiger partial charge in [-0.1, -0.05) is 35.5 Å². The fourth-order valence-corrected chi connectivity index (χ4v) is 2.96. The van der Waals surface area contributed by atoms with Gasteiger partial charge < -0.3 is 9.26 Å². The van der Waals surface area contributed by atoms with E-state index in [1.165, 1.54) is 6.92 Å². The molecule has 2 rings (SSSR count). The zero-order chi connectivity index (χ0) is 17.8. The molecule has 1 atom stereocenters. The number of rotatable bonds is 7. The lowest BCUT2D eigenvalue weighted by molar-refractivity contribution is -0.146. The van der Waals surface area contributed by atoms with E-state index in [2.05, 4.69) is 10.1 Å². The van der Waals surface area contributed by atoms with Crippen molar-refractivity contribution in [1.82, 2.24) is 10.1 Å². The number of esters is 1. The molecule has 0 aliphatic heterocycles. The van der Waals surface area contributed by atoms with E-state index in [1.54, 1.807) is 6.92 Å². The molecule has 0 radical (unpaired) electrons. The lowest BCUT2D eigenvalue weighted by Crippen LogP contribution is -2.44. The van der Waals surface area contributed by atoms with Crippen molar-refractivity contribution in [3.63, 3.8) is 0 Å². The summed E-state index contributed by atoms with van der Waals surface area (Å²) in [6.45, 7) is 3.10. The average Bonchev–Trinajstić information content (AvgIpc) is 3.01. The SMILES string of the molecule is CCOC(=O)C(C)(CCc1nc(-c2ccccc2)no1)S(C)(=O)=O. The predicted octanol–water partition coefficient (Wildman–Crippen LogP) is 2.04. The molecule has 1 aromatic heterocycles. The van der Waals surface area contributed by atoms with Gasteiger partial charge in [0.1, 0.15) is 0 Å². The highest BCUT2D eigenvalue weighted by Crippen LogP contribution is 2.25. The molecule has 0 N–H and O–H groups in total. The Morgan fingerprint density at radius 1 is 1.29 bits per heavy atom. The number of sulfone groups is 1. The number of aromatic nitrogens is 2. The minimum atomic E-state index is -3.67. The van der Waals surface area contributed by atoms with Gasteiger partial charge in [0.25, 0.3) is 0 Å². The molecule has 0 saturated heterocycles. The van der Waals surface area contributed by atoms with Gasteiger partial charge in [-0.15, -0.1) is 0 Å². The second kappa shape index (κ2) is 7.12. The third-order valence-electron chi connectivity index (χ3n) is 3.84. The Hall–Kier alpha value is -2.22. The van der Waals surface area contributed by atoms with Crippen LogP contribution < -0.4 is 0 Å². The number of hydrogen-bond acceptors (Lipinski definition) is 7. The van der Waals surface area contributed by atoms with E-state index in [0.29, 0.717) is 5.82 Å². The maximum absolute atomic E-state index is 12.1. The fraction of sp³-hybridized carbons (Fsp3) is 0.438. The third-order valence-corrected chi connectivity index (χ3v) is 5.85. The molecule has 1 aromatic carbocycles. The Labute approximate surface area is 140 Å². The van der Waals surface area contributed by atoms with Crippen LogP contribution in [0.1, 0.15) is 26.2 Å². The number of hydrogen-bond donors (Lipinski definition) is 0. The Kier molecular flexibility index (Phi) is 5.38. The molecule has 1 heterocycles. The molecule has 0 amide bonds. The molecule has 130 valence electrons. The Bertz CT molecular complexity index is 801. The maximum atomic E-state index is 12.1. The maximum Gasteiger partial charge on any atom is 0.327 e. The molecule has 0 bridgehead atoms. The van der Waals surface area contributed by atoms with Crippen LogP contribution in [0.25, 0.3) is 11.4 Å². The van der Waals surface area contributed by atoms with E-state index in [1.807, 2.05) is 30.3 Å². The number of nitrogens with zero attached hydrogens (tertiary/aromatic N) is 2. The summed E-state index contributed by atoms with van der Waals surface area (Å²) in [5.74, 6) is -0.0777. The first-order valence-electron chi connectivity index (χ1n) is 7.53. The van der Waals surface area contributed by atoms with Gasteiger partial charge in [0, 0.05) is 18.2 Å². The molecule has 7 nitrogen and oxygen atoms in total. The summed E-state index contributed by atoms with van der Waals surface area (Å²) in [5, 5.41) is 3.88. The predicted molar refractivity (Wildman–Crippen MR) is 87.9 cm³/mol. The quantitative estimate of drug-likeness (QED) is 0.703. The first-order chi connectivity index (χ1) is 11.3. The van der Waals surface area contributed by atoms with Crippen molar-refractivity contribution in [3.05, 3.63) is 36.2 Å². The van der Waals surface area contributed by atoms with Gasteiger partial charge >= 0.3 is 5.97 Å². The van der Waals surface area contributed by atoms with Gasteiger partial charge in [0.2, 0.25) is 11.7 Å². The number of carbonyl (C=O) groups is 1. The summed E-state index contributed by atoms with van der Waals surface area (Å²) >= 11 is 0. The van der Waals surface area contributed by atoms with Crippen LogP contribution in [0.4, 0.5) is 0 Å². The molecule has 0 fully saturated rings. The smallest absolute Gasteiger partial charge is 0.327 e. The topological polar surface area (TPSA) is 99.4 Å². The van der Waals surface area contributed by atoms with Crippen LogP contribution in [-0.4, -0.2) is 42.1 Å². The molecule has 1 unspecified atom stereocenters. The second-order valence-electron chi connectivity index (χ2n) is 5.60. The zero-order valence-electron chi connectivity index (χ0n) is 13.9. The van der Waals surface area contributed by atoms with Crippen molar-refractivity contribution in [2.24, 2.45) is 0 Å². The summed E-state index contributed by atoms with van der Waals surface area (Å²) in [5.41, 5.74) is 0.795. The molecule has 0 aliphatic rings. The van der Waals surface area contributed by atoms with E-state index in [9.17, 15) is 13.2 Å². The highest BCUT2D eigenvalue weighted by atomic mass is 32.2. The molecule has 24 heavy (non-hydrogen) atoms.